The summed E-state index contributed by atoms with van der Waals surface area (Å²) in [6.07, 6.45) is 1.22. The van der Waals surface area contributed by atoms with Crippen LogP contribution in [0.15, 0.2) is 35.5 Å². The molecule has 1 heterocycles. The summed E-state index contributed by atoms with van der Waals surface area (Å²) in [6, 6.07) is 6.57. The summed E-state index contributed by atoms with van der Waals surface area (Å²) >= 11 is 0. The molecule has 2 rings (SSSR count). The number of aromatic nitrogens is 2. The molecule has 23 heavy (non-hydrogen) atoms. The molecule has 0 aliphatic heterocycles. The zero-order chi connectivity index (χ0) is 17.3. The van der Waals surface area contributed by atoms with Crippen molar-refractivity contribution in [2.45, 2.75) is 31.1 Å². The molecule has 0 radical (unpaired) electrons. The van der Waals surface area contributed by atoms with E-state index >= 15 is 0 Å². The van der Waals surface area contributed by atoms with Gasteiger partial charge in [0.25, 0.3) is 10.0 Å². The van der Waals surface area contributed by atoms with E-state index in [0.29, 0.717) is 0 Å². The van der Waals surface area contributed by atoms with E-state index in [1.165, 1.54) is 25.6 Å². The highest BCUT2D eigenvalue weighted by molar-refractivity contribution is 7.92. The van der Waals surface area contributed by atoms with Gasteiger partial charge in [0.15, 0.2) is 11.5 Å². The molecule has 8 heteroatoms. The van der Waals surface area contributed by atoms with Crippen LogP contribution in [-0.4, -0.2) is 31.5 Å². The molecule has 0 fully saturated rings. The summed E-state index contributed by atoms with van der Waals surface area (Å²) in [7, 11) is -2.65. The first-order chi connectivity index (χ1) is 10.6. The van der Waals surface area contributed by atoms with Crippen LogP contribution in [0.25, 0.3) is 0 Å². The van der Waals surface area contributed by atoms with Gasteiger partial charge < -0.3 is 9.72 Å². The molecule has 1 aromatic carbocycles. The molecule has 0 bridgehead atoms. The van der Waals surface area contributed by atoms with Crippen LogP contribution in [0.2, 0.25) is 0 Å². The number of sulfonamides is 1. The summed E-state index contributed by atoms with van der Waals surface area (Å²) in [6.45, 7) is 6.13. The molecule has 2 N–H and O–H groups in total. The molecule has 0 unspecified atom stereocenters. The third kappa shape index (κ3) is 3.70. The van der Waals surface area contributed by atoms with E-state index in [4.69, 9.17) is 0 Å². The predicted molar refractivity (Wildman–Crippen MR) is 85.9 cm³/mol. The summed E-state index contributed by atoms with van der Waals surface area (Å²) < 4.78 is 31.7. The minimum atomic E-state index is -3.85. The van der Waals surface area contributed by atoms with Gasteiger partial charge in [-0.3, -0.25) is 4.72 Å². The maximum atomic E-state index is 12.4. The fourth-order valence-electron chi connectivity index (χ4n) is 1.95. The number of carbonyl (C=O) groups is 1. The molecule has 0 aliphatic rings. The van der Waals surface area contributed by atoms with Gasteiger partial charge in [0.05, 0.1) is 18.3 Å². The average molecular weight is 337 g/mol. The number of ether oxygens (including phenoxy) is 1. The van der Waals surface area contributed by atoms with Gasteiger partial charge >= 0.3 is 5.97 Å². The van der Waals surface area contributed by atoms with Crippen LogP contribution in [0.1, 0.15) is 36.8 Å². The fourth-order valence-corrected chi connectivity index (χ4v) is 2.97. The van der Waals surface area contributed by atoms with Crippen molar-refractivity contribution in [2.75, 3.05) is 11.8 Å². The maximum Gasteiger partial charge on any atom is 0.358 e. The minimum absolute atomic E-state index is 0.0533. The molecule has 0 aliphatic carbocycles. The number of hydrogen-bond acceptors (Lipinski definition) is 5. The smallest absolute Gasteiger partial charge is 0.358 e. The molecule has 0 atom stereocenters. The lowest BCUT2D eigenvalue weighted by molar-refractivity contribution is 0.0596. The number of nitrogens with one attached hydrogen (secondary N) is 2. The first-order valence-corrected chi connectivity index (χ1v) is 8.38. The van der Waals surface area contributed by atoms with E-state index in [0.717, 1.165) is 5.56 Å². The van der Waals surface area contributed by atoms with Crippen LogP contribution in [0.4, 0.5) is 5.82 Å². The Morgan fingerprint density at radius 3 is 2.35 bits per heavy atom. The van der Waals surface area contributed by atoms with Crippen molar-refractivity contribution in [3.63, 3.8) is 0 Å². The number of methoxy groups -OCH3 is 1. The number of esters is 1. The van der Waals surface area contributed by atoms with Crippen molar-refractivity contribution in [1.82, 2.24) is 9.97 Å². The third-order valence-electron chi connectivity index (χ3n) is 3.29. The zero-order valence-corrected chi connectivity index (χ0v) is 14.2. The lowest BCUT2D eigenvalue weighted by atomic mass is 9.87. The lowest BCUT2D eigenvalue weighted by Gasteiger charge is -2.19. The first kappa shape index (κ1) is 17.0. The van der Waals surface area contributed by atoms with Crippen LogP contribution in [0.3, 0.4) is 0 Å². The second-order valence-electron chi connectivity index (χ2n) is 6.00. The second-order valence-corrected chi connectivity index (χ2v) is 7.68. The maximum absolute atomic E-state index is 12.4. The first-order valence-electron chi connectivity index (χ1n) is 6.90. The monoisotopic (exact) mass is 337 g/mol. The molecule has 7 nitrogen and oxygen atoms in total. The van der Waals surface area contributed by atoms with Gasteiger partial charge in [-0.2, -0.15) is 0 Å². The number of anilines is 1. The van der Waals surface area contributed by atoms with Crippen molar-refractivity contribution in [2.24, 2.45) is 0 Å². The largest absolute Gasteiger partial charge is 0.464 e. The van der Waals surface area contributed by atoms with Crippen LogP contribution in [-0.2, 0) is 20.2 Å². The fraction of sp³-hybridized carbons (Fsp3) is 0.333. The van der Waals surface area contributed by atoms with Crippen LogP contribution in [0, 0.1) is 0 Å². The number of carbonyl (C=O) groups excluding carboxylic acids is 1. The normalized spacial score (nSPS) is 12.0. The quantitative estimate of drug-likeness (QED) is 0.834. The SMILES string of the molecule is COC(=O)c1[nH]cnc1NS(=O)(=O)c1ccc(C(C)(C)C)cc1. The van der Waals surface area contributed by atoms with E-state index < -0.39 is 16.0 Å². The molecule has 0 amide bonds. The Labute approximate surface area is 135 Å². The number of aromatic amines is 1. The molecule has 1 aromatic heterocycles. The van der Waals surface area contributed by atoms with E-state index in [9.17, 15) is 13.2 Å². The van der Waals surface area contributed by atoms with Crippen molar-refractivity contribution in [3.05, 3.63) is 41.9 Å². The standard InChI is InChI=1S/C15H19N3O4S/c1-15(2,3)10-5-7-11(8-6-10)23(20,21)18-13-12(14(19)22-4)16-9-17-13/h5-9,18H,1-4H3,(H,16,17). The highest BCUT2D eigenvalue weighted by atomic mass is 32.2. The van der Waals surface area contributed by atoms with Gasteiger partial charge in [0.1, 0.15) is 0 Å². The van der Waals surface area contributed by atoms with Crippen molar-refractivity contribution >= 4 is 21.8 Å². The Kier molecular flexibility index (Phi) is 4.46. The second kappa shape index (κ2) is 6.04. The van der Waals surface area contributed by atoms with Gasteiger partial charge in [0.2, 0.25) is 0 Å². The Morgan fingerprint density at radius 1 is 1.22 bits per heavy atom. The van der Waals surface area contributed by atoms with E-state index in [2.05, 4.69) is 19.4 Å². The average Bonchev–Trinajstić information content (AvgIpc) is 2.93. The Hall–Kier alpha value is -2.35. The van der Waals surface area contributed by atoms with Crippen molar-refractivity contribution in [3.8, 4) is 0 Å². The van der Waals surface area contributed by atoms with Crippen LogP contribution < -0.4 is 4.72 Å². The van der Waals surface area contributed by atoms with Gasteiger partial charge in [-0.1, -0.05) is 32.9 Å². The lowest BCUT2D eigenvalue weighted by Crippen LogP contribution is -2.17. The van der Waals surface area contributed by atoms with Gasteiger partial charge in [-0.05, 0) is 23.1 Å². The van der Waals surface area contributed by atoms with Gasteiger partial charge in [-0.25, -0.2) is 18.2 Å². The Balaban J connectivity index is 2.30. The van der Waals surface area contributed by atoms with Gasteiger partial charge in [-0.15, -0.1) is 0 Å². The summed E-state index contributed by atoms with van der Waals surface area (Å²) in [5.74, 6) is -0.806. The topological polar surface area (TPSA) is 101 Å². The molecule has 2 aromatic rings. The summed E-state index contributed by atoms with van der Waals surface area (Å²) in [5, 5.41) is 0. The highest BCUT2D eigenvalue weighted by Gasteiger charge is 2.22. The van der Waals surface area contributed by atoms with Crippen LogP contribution in [0.5, 0.6) is 0 Å². The van der Waals surface area contributed by atoms with Crippen molar-refractivity contribution < 1.29 is 17.9 Å². The number of hydrogen-bond donors (Lipinski definition) is 2. The van der Waals surface area contributed by atoms with Crippen LogP contribution >= 0.6 is 0 Å². The molecular weight excluding hydrogens is 318 g/mol. The number of benzene rings is 1. The summed E-state index contributed by atoms with van der Waals surface area (Å²) in [5.41, 5.74) is 0.893. The molecule has 0 saturated heterocycles. The van der Waals surface area contributed by atoms with E-state index in [1.54, 1.807) is 12.1 Å². The predicted octanol–water partition coefficient (Wildman–Crippen LogP) is 2.29. The molecule has 0 saturated carbocycles. The third-order valence-corrected chi connectivity index (χ3v) is 4.65. The van der Waals surface area contributed by atoms with E-state index in [1.807, 2.05) is 20.8 Å². The number of imidazole rings is 1. The van der Waals surface area contributed by atoms with Crippen molar-refractivity contribution in [1.29, 1.82) is 0 Å². The number of nitrogens with zero attached hydrogens (tertiary/aromatic N) is 1. The summed E-state index contributed by atoms with van der Waals surface area (Å²) in [4.78, 5) is 18.0. The molecular formula is C15H19N3O4S. The molecule has 0 spiro atoms. The zero-order valence-electron chi connectivity index (χ0n) is 13.4. The Bertz CT molecular complexity index is 802. The highest BCUT2D eigenvalue weighted by Crippen LogP contribution is 2.24. The van der Waals surface area contributed by atoms with Gasteiger partial charge in [0, 0.05) is 0 Å². The number of H-pyrrole nitrogens is 1. The minimum Gasteiger partial charge on any atom is -0.464 e. The molecule has 124 valence electrons. The van der Waals surface area contributed by atoms with E-state index in [-0.39, 0.29) is 21.8 Å². The number of rotatable bonds is 4. The Morgan fingerprint density at radius 2 is 1.83 bits per heavy atom.